The zero-order valence-corrected chi connectivity index (χ0v) is 15.5. The SMILES string of the molecule is CC(OC(=O)CN(C)c1ncccn1)C(=O)Nc1ccc(S(N)(=O)=O)cc1. The molecule has 0 spiro atoms. The Bertz CT molecular complexity index is 903. The summed E-state index contributed by atoms with van der Waals surface area (Å²) < 4.78 is 27.5. The van der Waals surface area contributed by atoms with Gasteiger partial charge in [-0.05, 0) is 37.3 Å². The quantitative estimate of drug-likeness (QED) is 0.632. The van der Waals surface area contributed by atoms with Crippen LogP contribution < -0.4 is 15.4 Å². The van der Waals surface area contributed by atoms with Gasteiger partial charge < -0.3 is 15.0 Å². The Labute approximate surface area is 156 Å². The summed E-state index contributed by atoms with van der Waals surface area (Å²) in [6.45, 7) is 1.29. The topological polar surface area (TPSA) is 145 Å². The van der Waals surface area contributed by atoms with Crippen LogP contribution in [-0.2, 0) is 24.3 Å². The van der Waals surface area contributed by atoms with Crippen molar-refractivity contribution in [1.82, 2.24) is 9.97 Å². The average Bonchev–Trinajstić information content (AvgIpc) is 2.62. The van der Waals surface area contributed by atoms with Crippen molar-refractivity contribution in [1.29, 1.82) is 0 Å². The summed E-state index contributed by atoms with van der Waals surface area (Å²) in [7, 11) is -2.19. The number of ether oxygens (including phenoxy) is 1. The van der Waals surface area contributed by atoms with Gasteiger partial charge in [-0.1, -0.05) is 0 Å². The largest absolute Gasteiger partial charge is 0.451 e. The van der Waals surface area contributed by atoms with Crippen LogP contribution in [0.15, 0.2) is 47.6 Å². The fourth-order valence-corrected chi connectivity index (χ4v) is 2.53. The first kappa shape index (κ1) is 20.3. The van der Waals surface area contributed by atoms with Crippen LogP contribution in [-0.4, -0.2) is 50.0 Å². The second-order valence-corrected chi connectivity index (χ2v) is 7.16. The molecule has 0 fully saturated rings. The van der Waals surface area contributed by atoms with Crippen molar-refractivity contribution in [3.05, 3.63) is 42.7 Å². The Morgan fingerprint density at radius 3 is 2.37 bits per heavy atom. The van der Waals surface area contributed by atoms with Crippen LogP contribution in [0.25, 0.3) is 0 Å². The minimum absolute atomic E-state index is 0.0776. The van der Waals surface area contributed by atoms with Gasteiger partial charge in [0.15, 0.2) is 6.10 Å². The van der Waals surface area contributed by atoms with E-state index in [9.17, 15) is 18.0 Å². The number of likely N-dealkylation sites (N-methyl/N-ethyl adjacent to an activating group) is 1. The molecule has 144 valence electrons. The molecule has 0 saturated heterocycles. The van der Waals surface area contributed by atoms with Gasteiger partial charge in [-0.25, -0.2) is 23.5 Å². The number of aromatic nitrogens is 2. The molecule has 1 atom stereocenters. The summed E-state index contributed by atoms with van der Waals surface area (Å²) in [5.41, 5.74) is 0.338. The van der Waals surface area contributed by atoms with Crippen molar-refractivity contribution in [3.63, 3.8) is 0 Å². The van der Waals surface area contributed by atoms with Crippen molar-refractivity contribution in [2.75, 3.05) is 23.8 Å². The highest BCUT2D eigenvalue weighted by atomic mass is 32.2. The first-order valence-electron chi connectivity index (χ1n) is 7.78. The number of hydrogen-bond donors (Lipinski definition) is 2. The smallest absolute Gasteiger partial charge is 0.326 e. The van der Waals surface area contributed by atoms with Crippen LogP contribution in [0.2, 0.25) is 0 Å². The van der Waals surface area contributed by atoms with Gasteiger partial charge in [0.2, 0.25) is 16.0 Å². The van der Waals surface area contributed by atoms with E-state index >= 15 is 0 Å². The Balaban J connectivity index is 1.88. The number of hydrogen-bond acceptors (Lipinski definition) is 8. The number of carbonyl (C=O) groups is 2. The van der Waals surface area contributed by atoms with Gasteiger partial charge >= 0.3 is 5.97 Å². The fourth-order valence-electron chi connectivity index (χ4n) is 2.01. The number of nitrogens with one attached hydrogen (secondary N) is 1. The third-order valence-electron chi connectivity index (χ3n) is 3.39. The maximum absolute atomic E-state index is 12.1. The van der Waals surface area contributed by atoms with Gasteiger partial charge in [0.1, 0.15) is 6.54 Å². The van der Waals surface area contributed by atoms with Gasteiger partial charge in [-0.15, -0.1) is 0 Å². The van der Waals surface area contributed by atoms with Crippen molar-refractivity contribution in [2.24, 2.45) is 5.14 Å². The van der Waals surface area contributed by atoms with E-state index in [0.29, 0.717) is 11.6 Å². The molecule has 0 saturated carbocycles. The summed E-state index contributed by atoms with van der Waals surface area (Å²) in [5, 5.41) is 7.53. The highest BCUT2D eigenvalue weighted by Crippen LogP contribution is 2.13. The Kier molecular flexibility index (Phi) is 6.42. The molecule has 3 N–H and O–H groups in total. The monoisotopic (exact) mass is 393 g/mol. The number of benzene rings is 1. The van der Waals surface area contributed by atoms with E-state index in [0.717, 1.165) is 0 Å². The second kappa shape index (κ2) is 8.56. The number of amides is 1. The lowest BCUT2D eigenvalue weighted by Crippen LogP contribution is -2.35. The predicted octanol–water partition coefficient (Wildman–Crippen LogP) is 0.131. The van der Waals surface area contributed by atoms with E-state index in [1.165, 1.54) is 36.1 Å². The first-order valence-corrected chi connectivity index (χ1v) is 9.33. The second-order valence-electron chi connectivity index (χ2n) is 5.60. The number of nitrogens with zero attached hydrogens (tertiary/aromatic N) is 3. The van der Waals surface area contributed by atoms with E-state index in [1.54, 1.807) is 25.5 Å². The van der Waals surface area contributed by atoms with E-state index < -0.39 is 28.0 Å². The lowest BCUT2D eigenvalue weighted by molar-refractivity contribution is -0.151. The van der Waals surface area contributed by atoms with Gasteiger partial charge in [0, 0.05) is 25.1 Å². The molecule has 1 unspecified atom stereocenters. The lowest BCUT2D eigenvalue weighted by atomic mass is 10.3. The minimum Gasteiger partial charge on any atom is -0.451 e. The maximum atomic E-state index is 12.1. The van der Waals surface area contributed by atoms with Crippen LogP contribution in [0, 0.1) is 0 Å². The van der Waals surface area contributed by atoms with Crippen molar-refractivity contribution in [2.45, 2.75) is 17.9 Å². The molecule has 0 aliphatic heterocycles. The maximum Gasteiger partial charge on any atom is 0.326 e. The van der Waals surface area contributed by atoms with Gasteiger partial charge in [-0.2, -0.15) is 0 Å². The zero-order valence-electron chi connectivity index (χ0n) is 14.7. The molecule has 0 bridgehead atoms. The third-order valence-corrected chi connectivity index (χ3v) is 4.32. The van der Waals surface area contributed by atoms with Crippen LogP contribution >= 0.6 is 0 Å². The number of carbonyl (C=O) groups excluding carboxylic acids is 2. The molecule has 2 aromatic rings. The number of nitrogens with two attached hydrogens (primary N) is 1. The van der Waals surface area contributed by atoms with E-state index in [2.05, 4.69) is 15.3 Å². The van der Waals surface area contributed by atoms with E-state index in [1.807, 2.05) is 0 Å². The number of rotatable bonds is 7. The predicted molar refractivity (Wildman–Crippen MR) is 97.3 cm³/mol. The average molecular weight is 393 g/mol. The van der Waals surface area contributed by atoms with Crippen LogP contribution in [0.4, 0.5) is 11.6 Å². The normalized spacial score (nSPS) is 12.1. The molecule has 11 heteroatoms. The van der Waals surface area contributed by atoms with Crippen molar-refractivity contribution >= 4 is 33.5 Å². The van der Waals surface area contributed by atoms with E-state index in [4.69, 9.17) is 9.88 Å². The van der Waals surface area contributed by atoms with Crippen LogP contribution in [0.5, 0.6) is 0 Å². The summed E-state index contributed by atoms with van der Waals surface area (Å²) in [6.07, 6.45) is 2.03. The molecule has 1 heterocycles. The number of primary sulfonamides is 1. The standard InChI is InChI=1S/C16H19N5O5S/c1-11(26-14(22)10-21(2)16-18-8-3-9-19-16)15(23)20-12-4-6-13(7-5-12)27(17,24)25/h3-9,11H,10H2,1-2H3,(H,20,23)(H2,17,24,25). The Morgan fingerprint density at radius 1 is 1.22 bits per heavy atom. The summed E-state index contributed by atoms with van der Waals surface area (Å²) >= 11 is 0. The summed E-state index contributed by atoms with van der Waals surface area (Å²) in [4.78, 5) is 33.5. The fraction of sp³-hybridized carbons (Fsp3) is 0.250. The molecular weight excluding hydrogens is 374 g/mol. The summed E-state index contributed by atoms with van der Waals surface area (Å²) in [5.74, 6) is -0.844. The molecule has 0 aliphatic rings. The molecule has 0 aliphatic carbocycles. The zero-order chi connectivity index (χ0) is 20.0. The molecule has 1 amide bonds. The van der Waals surface area contributed by atoms with E-state index in [-0.39, 0.29) is 11.4 Å². The molecule has 1 aromatic carbocycles. The lowest BCUT2D eigenvalue weighted by Gasteiger charge is -2.18. The molecular formula is C16H19N5O5S. The third kappa shape index (κ3) is 6.01. The minimum atomic E-state index is -3.81. The highest BCUT2D eigenvalue weighted by Gasteiger charge is 2.20. The first-order chi connectivity index (χ1) is 12.7. The summed E-state index contributed by atoms with van der Waals surface area (Å²) in [6, 6.07) is 6.93. The number of anilines is 2. The molecule has 27 heavy (non-hydrogen) atoms. The van der Waals surface area contributed by atoms with Gasteiger partial charge in [0.25, 0.3) is 5.91 Å². The van der Waals surface area contributed by atoms with Crippen LogP contribution in [0.1, 0.15) is 6.92 Å². The van der Waals surface area contributed by atoms with Gasteiger partial charge in [0.05, 0.1) is 4.90 Å². The molecule has 10 nitrogen and oxygen atoms in total. The van der Waals surface area contributed by atoms with Gasteiger partial charge in [-0.3, -0.25) is 9.59 Å². The molecule has 1 aromatic heterocycles. The number of sulfonamides is 1. The molecule has 2 rings (SSSR count). The highest BCUT2D eigenvalue weighted by molar-refractivity contribution is 7.89. The Morgan fingerprint density at radius 2 is 1.81 bits per heavy atom. The number of esters is 1. The molecule has 0 radical (unpaired) electrons. The Hall–Kier alpha value is -3.05. The van der Waals surface area contributed by atoms with Crippen LogP contribution in [0.3, 0.4) is 0 Å². The van der Waals surface area contributed by atoms with Crippen molar-refractivity contribution in [3.8, 4) is 0 Å². The van der Waals surface area contributed by atoms with Crippen molar-refractivity contribution < 1.29 is 22.7 Å².